The summed E-state index contributed by atoms with van der Waals surface area (Å²) in [5, 5.41) is 8.33. The number of carbonyl (C=O) groups excluding carboxylic acids is 1. The Morgan fingerprint density at radius 2 is 2.00 bits per heavy atom. The number of ether oxygens (including phenoxy) is 1. The van der Waals surface area contributed by atoms with E-state index in [9.17, 15) is 4.79 Å². The van der Waals surface area contributed by atoms with Crippen molar-refractivity contribution in [2.75, 3.05) is 6.61 Å². The summed E-state index contributed by atoms with van der Waals surface area (Å²) in [6.45, 7) is 5.09. The van der Waals surface area contributed by atoms with Crippen molar-refractivity contribution in [3.63, 3.8) is 0 Å². The lowest BCUT2D eigenvalue weighted by Crippen LogP contribution is -2.32. The standard InChI is InChI=1S/C23H24BrN3O3/c1-15(2)14-29-18-7-5-6-16(12-18)23(28)27(17-10-11-17)13-21-25-26-22(30-21)19-8-3-4-9-20(19)24/h3-9,12,15,17H,10-11,13-14H2,1-2H3. The Bertz CT molecular complexity index is 1030. The van der Waals surface area contributed by atoms with Crippen molar-refractivity contribution in [1.29, 1.82) is 0 Å². The van der Waals surface area contributed by atoms with Crippen LogP contribution in [0.3, 0.4) is 0 Å². The number of nitrogens with zero attached hydrogens (tertiary/aromatic N) is 3. The zero-order valence-electron chi connectivity index (χ0n) is 17.0. The molecule has 0 unspecified atom stereocenters. The van der Waals surface area contributed by atoms with Crippen LogP contribution in [0.5, 0.6) is 5.75 Å². The number of halogens is 1. The van der Waals surface area contributed by atoms with E-state index in [4.69, 9.17) is 9.15 Å². The molecule has 1 aliphatic carbocycles. The second-order valence-electron chi connectivity index (χ2n) is 7.88. The zero-order chi connectivity index (χ0) is 21.1. The Morgan fingerprint density at radius 3 is 2.73 bits per heavy atom. The molecule has 0 saturated heterocycles. The van der Waals surface area contributed by atoms with E-state index < -0.39 is 0 Å². The van der Waals surface area contributed by atoms with Crippen molar-refractivity contribution >= 4 is 21.8 Å². The van der Waals surface area contributed by atoms with Gasteiger partial charge in [-0.1, -0.05) is 32.0 Å². The van der Waals surface area contributed by atoms with E-state index in [1.165, 1.54) is 0 Å². The van der Waals surface area contributed by atoms with Gasteiger partial charge in [-0.25, -0.2) is 0 Å². The van der Waals surface area contributed by atoms with Gasteiger partial charge in [0.1, 0.15) is 5.75 Å². The van der Waals surface area contributed by atoms with Crippen LogP contribution < -0.4 is 4.74 Å². The van der Waals surface area contributed by atoms with E-state index in [2.05, 4.69) is 40.0 Å². The normalized spacial score (nSPS) is 13.5. The minimum atomic E-state index is -0.0480. The molecule has 0 bridgehead atoms. The molecule has 7 heteroatoms. The third-order valence-corrected chi connectivity index (χ3v) is 5.48. The van der Waals surface area contributed by atoms with E-state index in [0.717, 1.165) is 22.9 Å². The van der Waals surface area contributed by atoms with Crippen LogP contribution >= 0.6 is 15.9 Å². The molecule has 0 aliphatic heterocycles. The maximum Gasteiger partial charge on any atom is 0.254 e. The van der Waals surface area contributed by atoms with Gasteiger partial charge in [0.2, 0.25) is 11.8 Å². The molecule has 1 amide bonds. The Kier molecular flexibility index (Phi) is 6.18. The first kappa shape index (κ1) is 20.6. The van der Waals surface area contributed by atoms with Crippen LogP contribution in [-0.4, -0.2) is 33.7 Å². The van der Waals surface area contributed by atoms with Crippen LogP contribution in [0.15, 0.2) is 57.4 Å². The SMILES string of the molecule is CC(C)COc1cccc(C(=O)N(Cc2nnc(-c3ccccc3Br)o2)C2CC2)c1. The van der Waals surface area contributed by atoms with Crippen LogP contribution in [0, 0.1) is 5.92 Å². The molecule has 1 aromatic heterocycles. The number of benzene rings is 2. The van der Waals surface area contributed by atoms with Crippen molar-refractivity contribution in [1.82, 2.24) is 15.1 Å². The Morgan fingerprint density at radius 1 is 1.20 bits per heavy atom. The fourth-order valence-corrected chi connectivity index (χ4v) is 3.56. The molecule has 2 aromatic carbocycles. The fourth-order valence-electron chi connectivity index (χ4n) is 3.11. The van der Waals surface area contributed by atoms with Gasteiger partial charge in [-0.3, -0.25) is 4.79 Å². The van der Waals surface area contributed by atoms with Gasteiger partial charge in [0.05, 0.1) is 18.7 Å². The van der Waals surface area contributed by atoms with Crippen molar-refractivity contribution < 1.29 is 13.9 Å². The van der Waals surface area contributed by atoms with Gasteiger partial charge >= 0.3 is 0 Å². The number of rotatable bonds is 8. The maximum atomic E-state index is 13.2. The van der Waals surface area contributed by atoms with Crippen LogP contribution in [0.2, 0.25) is 0 Å². The van der Waals surface area contributed by atoms with Crippen LogP contribution in [0.25, 0.3) is 11.5 Å². The molecule has 0 N–H and O–H groups in total. The molecule has 0 spiro atoms. The molecule has 0 radical (unpaired) electrons. The average Bonchev–Trinajstić information content (AvgIpc) is 3.48. The highest BCUT2D eigenvalue weighted by Gasteiger charge is 2.34. The molecule has 3 aromatic rings. The highest BCUT2D eigenvalue weighted by atomic mass is 79.9. The summed E-state index contributed by atoms with van der Waals surface area (Å²) in [5.74, 6) is 1.94. The van der Waals surface area contributed by atoms with Crippen LogP contribution in [0.4, 0.5) is 0 Å². The number of aromatic nitrogens is 2. The third kappa shape index (κ3) is 4.90. The highest BCUT2D eigenvalue weighted by Crippen LogP contribution is 2.31. The molecule has 4 rings (SSSR count). The first-order chi connectivity index (χ1) is 14.5. The van der Waals surface area contributed by atoms with E-state index >= 15 is 0 Å². The Labute approximate surface area is 184 Å². The molecular formula is C23H24BrN3O3. The topological polar surface area (TPSA) is 68.5 Å². The van der Waals surface area contributed by atoms with Crippen molar-refractivity contribution in [3.8, 4) is 17.2 Å². The monoisotopic (exact) mass is 469 g/mol. The smallest absolute Gasteiger partial charge is 0.254 e. The molecule has 0 atom stereocenters. The second kappa shape index (κ2) is 9.00. The first-order valence-electron chi connectivity index (χ1n) is 10.1. The largest absolute Gasteiger partial charge is 0.493 e. The molecule has 1 aliphatic rings. The van der Waals surface area contributed by atoms with E-state index in [0.29, 0.717) is 35.6 Å². The highest BCUT2D eigenvalue weighted by molar-refractivity contribution is 9.10. The molecule has 1 saturated carbocycles. The summed E-state index contributed by atoms with van der Waals surface area (Å²) in [6, 6.07) is 15.2. The van der Waals surface area contributed by atoms with Gasteiger partial charge in [-0.05, 0) is 65.0 Å². The van der Waals surface area contributed by atoms with E-state index in [1.54, 1.807) is 6.07 Å². The van der Waals surface area contributed by atoms with Crippen molar-refractivity contribution in [2.24, 2.45) is 5.92 Å². The maximum absolute atomic E-state index is 13.2. The van der Waals surface area contributed by atoms with Crippen LogP contribution in [-0.2, 0) is 6.54 Å². The van der Waals surface area contributed by atoms with Gasteiger partial charge in [0, 0.05) is 16.1 Å². The second-order valence-corrected chi connectivity index (χ2v) is 8.73. The molecule has 156 valence electrons. The predicted molar refractivity (Wildman–Crippen MR) is 117 cm³/mol. The molecule has 1 fully saturated rings. The van der Waals surface area contributed by atoms with Crippen LogP contribution in [0.1, 0.15) is 42.9 Å². The number of amides is 1. The minimum Gasteiger partial charge on any atom is -0.493 e. The quantitative estimate of drug-likeness (QED) is 0.445. The van der Waals surface area contributed by atoms with E-state index in [-0.39, 0.29) is 18.5 Å². The number of carbonyl (C=O) groups is 1. The third-order valence-electron chi connectivity index (χ3n) is 4.79. The predicted octanol–water partition coefficient (Wildman–Crippen LogP) is 5.34. The summed E-state index contributed by atoms with van der Waals surface area (Å²) in [7, 11) is 0. The first-order valence-corrected chi connectivity index (χ1v) is 10.9. The van der Waals surface area contributed by atoms with E-state index in [1.807, 2.05) is 47.4 Å². The molecule has 6 nitrogen and oxygen atoms in total. The van der Waals surface area contributed by atoms with Gasteiger partial charge < -0.3 is 14.1 Å². The van der Waals surface area contributed by atoms with Gasteiger partial charge in [-0.15, -0.1) is 10.2 Å². The average molecular weight is 470 g/mol. The Balaban J connectivity index is 1.51. The zero-order valence-corrected chi connectivity index (χ0v) is 18.6. The molecular weight excluding hydrogens is 446 g/mol. The summed E-state index contributed by atoms with van der Waals surface area (Å²) in [6.07, 6.45) is 1.97. The van der Waals surface area contributed by atoms with Crippen molar-refractivity contribution in [2.45, 2.75) is 39.3 Å². The minimum absolute atomic E-state index is 0.0480. The summed E-state index contributed by atoms with van der Waals surface area (Å²) in [4.78, 5) is 15.0. The number of hydrogen-bond acceptors (Lipinski definition) is 5. The lowest BCUT2D eigenvalue weighted by molar-refractivity contribution is 0.0714. The lowest BCUT2D eigenvalue weighted by atomic mass is 10.1. The molecule has 1 heterocycles. The van der Waals surface area contributed by atoms with Crippen molar-refractivity contribution in [3.05, 3.63) is 64.5 Å². The Hall–Kier alpha value is -2.67. The van der Waals surface area contributed by atoms with Gasteiger partial charge in [0.25, 0.3) is 5.91 Å². The van der Waals surface area contributed by atoms with Gasteiger partial charge in [0.15, 0.2) is 0 Å². The summed E-state index contributed by atoms with van der Waals surface area (Å²) >= 11 is 3.50. The van der Waals surface area contributed by atoms with Gasteiger partial charge in [-0.2, -0.15) is 0 Å². The summed E-state index contributed by atoms with van der Waals surface area (Å²) < 4.78 is 12.5. The number of hydrogen-bond donors (Lipinski definition) is 0. The lowest BCUT2D eigenvalue weighted by Gasteiger charge is -2.21. The molecule has 30 heavy (non-hydrogen) atoms. The summed E-state index contributed by atoms with van der Waals surface area (Å²) in [5.41, 5.74) is 1.43. The fraction of sp³-hybridized carbons (Fsp3) is 0.348.